The summed E-state index contributed by atoms with van der Waals surface area (Å²) in [4.78, 5) is 13.1. The van der Waals surface area contributed by atoms with Gasteiger partial charge in [0.15, 0.2) is 5.78 Å². The monoisotopic (exact) mass is 265 g/mol. The van der Waals surface area contributed by atoms with Crippen LogP contribution in [0.5, 0.6) is 0 Å². The first-order valence-corrected chi connectivity index (χ1v) is 6.38. The van der Waals surface area contributed by atoms with E-state index in [9.17, 15) is 13.6 Å². The van der Waals surface area contributed by atoms with Gasteiger partial charge in [-0.05, 0) is 42.4 Å². The number of hydrogen-bond donors (Lipinski definition) is 0. The Hall–Kier alpha value is -1.62. The molecule has 0 amide bonds. The molecule has 0 saturated heterocycles. The lowest BCUT2D eigenvalue weighted by molar-refractivity contribution is 0.103. The fourth-order valence-electron chi connectivity index (χ4n) is 1.88. The Labute approximate surface area is 106 Å². The molecule has 0 unspecified atom stereocenters. The molecule has 3 rings (SSSR count). The summed E-state index contributed by atoms with van der Waals surface area (Å²) in [6, 6.07) is 3.00. The summed E-state index contributed by atoms with van der Waals surface area (Å²) >= 11 is 1.28. The van der Waals surface area contributed by atoms with Gasteiger partial charge in [0.25, 0.3) is 0 Å². The van der Waals surface area contributed by atoms with Crippen LogP contribution in [0.1, 0.15) is 39.6 Å². The van der Waals surface area contributed by atoms with Gasteiger partial charge in [-0.3, -0.25) is 4.79 Å². The molecular formula is C13H9F2NOS. The molecular weight excluding hydrogens is 256 g/mol. The van der Waals surface area contributed by atoms with Crippen molar-refractivity contribution in [3.8, 4) is 0 Å². The number of carbonyl (C=O) groups is 1. The van der Waals surface area contributed by atoms with Gasteiger partial charge in [-0.2, -0.15) is 0 Å². The van der Waals surface area contributed by atoms with E-state index in [1.807, 2.05) is 0 Å². The molecule has 1 fully saturated rings. The third-order valence-electron chi connectivity index (χ3n) is 2.97. The minimum absolute atomic E-state index is 0.0986. The van der Waals surface area contributed by atoms with Crippen LogP contribution < -0.4 is 0 Å². The summed E-state index contributed by atoms with van der Waals surface area (Å²) in [5, 5.41) is 0. The van der Waals surface area contributed by atoms with Gasteiger partial charge in [0.05, 0.1) is 17.3 Å². The van der Waals surface area contributed by atoms with Crippen molar-refractivity contribution in [2.24, 2.45) is 0 Å². The topological polar surface area (TPSA) is 30.0 Å². The predicted molar refractivity (Wildman–Crippen MR) is 63.9 cm³/mol. The molecule has 0 bridgehead atoms. The molecule has 1 saturated carbocycles. The first-order chi connectivity index (χ1) is 8.66. The number of aromatic nitrogens is 1. The molecule has 2 nitrogen and oxygen atoms in total. The van der Waals surface area contributed by atoms with E-state index in [0.29, 0.717) is 11.5 Å². The largest absolute Gasteiger partial charge is 0.288 e. The van der Waals surface area contributed by atoms with Crippen molar-refractivity contribution in [2.45, 2.75) is 18.8 Å². The van der Waals surface area contributed by atoms with Gasteiger partial charge in [0.2, 0.25) is 0 Å². The molecule has 18 heavy (non-hydrogen) atoms. The zero-order chi connectivity index (χ0) is 12.7. The van der Waals surface area contributed by atoms with E-state index in [-0.39, 0.29) is 5.56 Å². The van der Waals surface area contributed by atoms with Crippen molar-refractivity contribution < 1.29 is 13.6 Å². The SMILES string of the molecule is O=C(c1ccc(F)cc1F)c1cnsc1C1CC1. The fraction of sp³-hybridized carbons (Fsp3) is 0.231. The summed E-state index contributed by atoms with van der Waals surface area (Å²) in [5.41, 5.74) is 0.353. The fourth-order valence-corrected chi connectivity index (χ4v) is 2.78. The average Bonchev–Trinajstić information content (AvgIpc) is 3.06. The van der Waals surface area contributed by atoms with Crippen molar-refractivity contribution in [1.29, 1.82) is 0 Å². The van der Waals surface area contributed by atoms with Crippen molar-refractivity contribution in [1.82, 2.24) is 4.37 Å². The van der Waals surface area contributed by atoms with Crippen molar-refractivity contribution in [3.05, 3.63) is 52.0 Å². The van der Waals surface area contributed by atoms with Crippen LogP contribution in [0.4, 0.5) is 8.78 Å². The average molecular weight is 265 g/mol. The molecule has 1 heterocycles. The highest BCUT2D eigenvalue weighted by Crippen LogP contribution is 2.44. The highest BCUT2D eigenvalue weighted by molar-refractivity contribution is 7.06. The number of halogens is 2. The Morgan fingerprint density at radius 1 is 1.28 bits per heavy atom. The second-order valence-electron chi connectivity index (χ2n) is 4.33. The third kappa shape index (κ3) is 1.95. The molecule has 5 heteroatoms. The van der Waals surface area contributed by atoms with E-state index >= 15 is 0 Å². The third-order valence-corrected chi connectivity index (χ3v) is 3.93. The van der Waals surface area contributed by atoms with E-state index in [4.69, 9.17) is 0 Å². The van der Waals surface area contributed by atoms with Crippen molar-refractivity contribution in [3.63, 3.8) is 0 Å². The molecule has 0 N–H and O–H groups in total. The lowest BCUT2D eigenvalue weighted by Crippen LogP contribution is -2.05. The molecule has 0 aliphatic heterocycles. The van der Waals surface area contributed by atoms with Crippen LogP contribution in [0.25, 0.3) is 0 Å². The predicted octanol–water partition coefficient (Wildman–Crippen LogP) is 3.53. The molecule has 1 aliphatic carbocycles. The maximum atomic E-state index is 13.6. The van der Waals surface area contributed by atoms with E-state index in [0.717, 1.165) is 29.9 Å². The quantitative estimate of drug-likeness (QED) is 0.795. The lowest BCUT2D eigenvalue weighted by Gasteiger charge is -2.02. The number of hydrogen-bond acceptors (Lipinski definition) is 3. The number of carbonyl (C=O) groups excluding carboxylic acids is 1. The van der Waals surface area contributed by atoms with Crippen LogP contribution in [0.2, 0.25) is 0 Å². The molecule has 2 aromatic rings. The van der Waals surface area contributed by atoms with E-state index in [2.05, 4.69) is 4.37 Å². The second kappa shape index (κ2) is 4.24. The zero-order valence-corrected chi connectivity index (χ0v) is 10.1. The number of rotatable bonds is 3. The van der Waals surface area contributed by atoms with Crippen LogP contribution in [-0.4, -0.2) is 10.2 Å². The van der Waals surface area contributed by atoms with Crippen LogP contribution in [0.15, 0.2) is 24.4 Å². The first kappa shape index (κ1) is 11.5. The second-order valence-corrected chi connectivity index (χ2v) is 5.16. The van der Waals surface area contributed by atoms with Crippen LogP contribution in [-0.2, 0) is 0 Å². The lowest BCUT2D eigenvalue weighted by atomic mass is 10.0. The van der Waals surface area contributed by atoms with Gasteiger partial charge in [0, 0.05) is 10.9 Å². The minimum Gasteiger partial charge on any atom is -0.288 e. The van der Waals surface area contributed by atoms with Gasteiger partial charge >= 0.3 is 0 Å². The van der Waals surface area contributed by atoms with Crippen LogP contribution in [0.3, 0.4) is 0 Å². The van der Waals surface area contributed by atoms with Crippen LogP contribution >= 0.6 is 11.5 Å². The van der Waals surface area contributed by atoms with Gasteiger partial charge in [-0.15, -0.1) is 0 Å². The van der Waals surface area contributed by atoms with Crippen molar-refractivity contribution >= 4 is 17.3 Å². The summed E-state index contributed by atoms with van der Waals surface area (Å²) in [6.07, 6.45) is 3.58. The first-order valence-electron chi connectivity index (χ1n) is 5.61. The summed E-state index contributed by atoms with van der Waals surface area (Å²) < 4.78 is 30.4. The summed E-state index contributed by atoms with van der Waals surface area (Å²) in [5.74, 6) is -1.54. The number of ketones is 1. The number of benzene rings is 1. The smallest absolute Gasteiger partial charge is 0.198 e. The molecule has 1 aromatic carbocycles. The highest BCUT2D eigenvalue weighted by Gasteiger charge is 2.31. The molecule has 92 valence electrons. The Bertz CT molecular complexity index is 619. The number of nitrogens with zero attached hydrogens (tertiary/aromatic N) is 1. The summed E-state index contributed by atoms with van der Waals surface area (Å²) in [6.45, 7) is 0. The standard InChI is InChI=1S/C13H9F2NOS/c14-8-3-4-9(11(15)5-8)12(17)10-6-16-18-13(10)7-1-2-7/h3-7H,1-2H2. The minimum atomic E-state index is -0.826. The molecule has 0 radical (unpaired) electrons. The van der Waals surface area contributed by atoms with Crippen molar-refractivity contribution in [2.75, 3.05) is 0 Å². The van der Waals surface area contributed by atoms with E-state index < -0.39 is 17.4 Å². The summed E-state index contributed by atoms with van der Waals surface area (Å²) in [7, 11) is 0. The van der Waals surface area contributed by atoms with Gasteiger partial charge in [0.1, 0.15) is 11.6 Å². The van der Waals surface area contributed by atoms with E-state index in [1.54, 1.807) is 0 Å². The van der Waals surface area contributed by atoms with Crippen LogP contribution in [0, 0.1) is 11.6 Å². The molecule has 0 atom stereocenters. The normalized spacial score (nSPS) is 14.8. The Kier molecular flexibility index (Phi) is 2.70. The molecule has 1 aliphatic rings. The van der Waals surface area contributed by atoms with Gasteiger partial charge < -0.3 is 0 Å². The maximum absolute atomic E-state index is 13.6. The van der Waals surface area contributed by atoms with E-state index in [1.165, 1.54) is 23.8 Å². The Balaban J connectivity index is 2.00. The highest BCUT2D eigenvalue weighted by atomic mass is 32.1. The Morgan fingerprint density at radius 2 is 2.06 bits per heavy atom. The van der Waals surface area contributed by atoms with Gasteiger partial charge in [-0.25, -0.2) is 13.2 Å². The molecule has 1 aromatic heterocycles. The Morgan fingerprint density at radius 3 is 2.72 bits per heavy atom. The maximum Gasteiger partial charge on any atom is 0.198 e. The molecule has 0 spiro atoms. The van der Waals surface area contributed by atoms with Gasteiger partial charge in [-0.1, -0.05) is 0 Å². The zero-order valence-electron chi connectivity index (χ0n) is 9.32.